The second kappa shape index (κ2) is 5.84. The standard InChI is InChI=1S/C18H20N6O/c1-10-8-11(2)24-18(20-10)22-16(23-24)17(25)21-15-5-3-4-12-9-13(19)6-7-14(12)15/h6-9,15H,3-5,19H2,1-2H3,(H,21,25). The number of nitrogens with two attached hydrogens (primary N) is 1. The van der Waals surface area contributed by atoms with Crippen molar-refractivity contribution in [2.45, 2.75) is 39.2 Å². The van der Waals surface area contributed by atoms with E-state index in [4.69, 9.17) is 5.73 Å². The van der Waals surface area contributed by atoms with Crippen LogP contribution < -0.4 is 11.1 Å². The van der Waals surface area contributed by atoms with Crippen molar-refractivity contribution in [2.75, 3.05) is 5.73 Å². The van der Waals surface area contributed by atoms with Crippen LogP contribution in [0.5, 0.6) is 0 Å². The molecule has 3 N–H and O–H groups in total. The number of aryl methyl sites for hydroxylation is 3. The van der Waals surface area contributed by atoms with E-state index in [1.54, 1.807) is 4.52 Å². The quantitative estimate of drug-likeness (QED) is 0.699. The predicted octanol–water partition coefficient (Wildman–Crippen LogP) is 2.13. The molecule has 1 aromatic carbocycles. The normalized spacial score (nSPS) is 16.6. The molecule has 4 rings (SSSR count). The molecule has 128 valence electrons. The summed E-state index contributed by atoms with van der Waals surface area (Å²) in [5.74, 6) is 0.306. The summed E-state index contributed by atoms with van der Waals surface area (Å²) in [6, 6.07) is 7.74. The number of nitrogens with one attached hydrogen (secondary N) is 1. The van der Waals surface area contributed by atoms with E-state index in [0.717, 1.165) is 41.9 Å². The summed E-state index contributed by atoms with van der Waals surface area (Å²) in [7, 11) is 0. The number of hydrogen-bond donors (Lipinski definition) is 2. The van der Waals surface area contributed by atoms with Gasteiger partial charge in [-0.15, -0.1) is 5.10 Å². The number of fused-ring (bicyclic) bond motifs is 2. The van der Waals surface area contributed by atoms with Crippen LogP contribution in [-0.2, 0) is 6.42 Å². The molecule has 1 aliphatic carbocycles. The van der Waals surface area contributed by atoms with Gasteiger partial charge < -0.3 is 11.1 Å². The zero-order chi connectivity index (χ0) is 17.6. The largest absolute Gasteiger partial charge is 0.399 e. The van der Waals surface area contributed by atoms with Crippen LogP contribution >= 0.6 is 0 Å². The average Bonchev–Trinajstić information content (AvgIpc) is 2.99. The van der Waals surface area contributed by atoms with E-state index in [1.807, 2.05) is 38.1 Å². The van der Waals surface area contributed by atoms with Gasteiger partial charge in [0.1, 0.15) is 0 Å². The minimum atomic E-state index is -0.280. The molecule has 2 heterocycles. The van der Waals surface area contributed by atoms with Crippen molar-refractivity contribution >= 4 is 17.4 Å². The lowest BCUT2D eigenvalue weighted by Crippen LogP contribution is -2.31. The van der Waals surface area contributed by atoms with Crippen molar-refractivity contribution in [1.29, 1.82) is 0 Å². The van der Waals surface area contributed by atoms with Gasteiger partial charge in [-0.05, 0) is 62.4 Å². The summed E-state index contributed by atoms with van der Waals surface area (Å²) in [6.45, 7) is 3.81. The Kier molecular flexibility index (Phi) is 3.63. The minimum absolute atomic E-state index is 0.0424. The summed E-state index contributed by atoms with van der Waals surface area (Å²) >= 11 is 0. The maximum atomic E-state index is 12.7. The number of benzene rings is 1. The van der Waals surface area contributed by atoms with Gasteiger partial charge >= 0.3 is 0 Å². The third kappa shape index (κ3) is 2.82. The Morgan fingerprint density at radius 2 is 2.12 bits per heavy atom. The Bertz CT molecular complexity index is 977. The van der Waals surface area contributed by atoms with Gasteiger partial charge in [0.05, 0.1) is 6.04 Å². The lowest BCUT2D eigenvalue weighted by Gasteiger charge is -2.26. The van der Waals surface area contributed by atoms with Crippen molar-refractivity contribution < 1.29 is 4.79 Å². The second-order valence-electron chi connectivity index (χ2n) is 6.56. The molecule has 2 aromatic heterocycles. The molecule has 1 unspecified atom stereocenters. The van der Waals surface area contributed by atoms with Crippen molar-refractivity contribution in [2.24, 2.45) is 0 Å². The molecular weight excluding hydrogens is 316 g/mol. The number of rotatable bonds is 2. The molecule has 0 aliphatic heterocycles. The van der Waals surface area contributed by atoms with Crippen molar-refractivity contribution in [1.82, 2.24) is 24.9 Å². The highest BCUT2D eigenvalue weighted by atomic mass is 16.2. The van der Waals surface area contributed by atoms with Gasteiger partial charge in [0, 0.05) is 17.1 Å². The van der Waals surface area contributed by atoms with Gasteiger partial charge in [0.25, 0.3) is 11.7 Å². The van der Waals surface area contributed by atoms with Gasteiger partial charge in [-0.1, -0.05) is 6.07 Å². The fourth-order valence-electron chi connectivity index (χ4n) is 3.47. The Balaban J connectivity index is 1.62. The molecule has 0 radical (unpaired) electrons. The number of nitrogen functional groups attached to an aromatic ring is 1. The Morgan fingerprint density at radius 3 is 2.96 bits per heavy atom. The molecule has 0 saturated carbocycles. The summed E-state index contributed by atoms with van der Waals surface area (Å²) in [5.41, 5.74) is 10.7. The maximum absolute atomic E-state index is 12.7. The van der Waals surface area contributed by atoms with Crippen LogP contribution in [0.15, 0.2) is 24.3 Å². The first-order chi connectivity index (χ1) is 12.0. The van der Waals surface area contributed by atoms with Gasteiger partial charge in [-0.3, -0.25) is 4.79 Å². The molecule has 1 amide bonds. The smallest absolute Gasteiger partial charge is 0.291 e. The second-order valence-corrected chi connectivity index (χ2v) is 6.56. The molecule has 7 heteroatoms. The van der Waals surface area contributed by atoms with Crippen LogP contribution in [0, 0.1) is 13.8 Å². The van der Waals surface area contributed by atoms with E-state index in [-0.39, 0.29) is 17.8 Å². The molecule has 0 spiro atoms. The van der Waals surface area contributed by atoms with E-state index >= 15 is 0 Å². The Morgan fingerprint density at radius 1 is 1.28 bits per heavy atom. The predicted molar refractivity (Wildman–Crippen MR) is 94.3 cm³/mol. The third-order valence-corrected chi connectivity index (χ3v) is 4.61. The topological polar surface area (TPSA) is 98.2 Å². The molecule has 1 aliphatic rings. The van der Waals surface area contributed by atoms with Crippen LogP contribution in [0.25, 0.3) is 5.78 Å². The highest BCUT2D eigenvalue weighted by molar-refractivity contribution is 5.91. The summed E-state index contributed by atoms with van der Waals surface area (Å²) < 4.78 is 1.59. The number of anilines is 1. The molecule has 1 atom stereocenters. The lowest BCUT2D eigenvalue weighted by molar-refractivity contribution is 0.0922. The summed E-state index contributed by atoms with van der Waals surface area (Å²) in [5, 5.41) is 7.36. The molecule has 0 fully saturated rings. The van der Waals surface area contributed by atoms with Crippen LogP contribution in [0.4, 0.5) is 5.69 Å². The van der Waals surface area contributed by atoms with Crippen LogP contribution in [0.1, 0.15) is 52.0 Å². The molecule has 7 nitrogen and oxygen atoms in total. The number of hydrogen-bond acceptors (Lipinski definition) is 5. The number of nitrogens with zero attached hydrogens (tertiary/aromatic N) is 4. The first-order valence-electron chi connectivity index (χ1n) is 8.41. The first-order valence-corrected chi connectivity index (χ1v) is 8.41. The molecule has 0 bridgehead atoms. The first kappa shape index (κ1) is 15.6. The zero-order valence-corrected chi connectivity index (χ0v) is 14.3. The van der Waals surface area contributed by atoms with E-state index in [0.29, 0.717) is 5.78 Å². The molecular formula is C18H20N6O. The Labute approximate surface area is 145 Å². The maximum Gasteiger partial charge on any atom is 0.291 e. The van der Waals surface area contributed by atoms with Crippen LogP contribution in [0.3, 0.4) is 0 Å². The monoisotopic (exact) mass is 336 g/mol. The summed E-state index contributed by atoms with van der Waals surface area (Å²) in [6.07, 6.45) is 2.90. The van der Waals surface area contributed by atoms with Gasteiger partial charge in [-0.2, -0.15) is 4.98 Å². The Hall–Kier alpha value is -2.96. The zero-order valence-electron chi connectivity index (χ0n) is 14.3. The van der Waals surface area contributed by atoms with Gasteiger partial charge in [-0.25, -0.2) is 9.50 Å². The third-order valence-electron chi connectivity index (χ3n) is 4.61. The number of amides is 1. The van der Waals surface area contributed by atoms with Crippen molar-refractivity contribution in [3.63, 3.8) is 0 Å². The molecule has 0 saturated heterocycles. The highest BCUT2D eigenvalue weighted by Gasteiger charge is 2.24. The summed E-state index contributed by atoms with van der Waals surface area (Å²) in [4.78, 5) is 21.3. The van der Waals surface area contributed by atoms with E-state index in [9.17, 15) is 4.79 Å². The van der Waals surface area contributed by atoms with E-state index in [2.05, 4.69) is 20.4 Å². The average molecular weight is 336 g/mol. The van der Waals surface area contributed by atoms with E-state index in [1.165, 1.54) is 5.56 Å². The number of carbonyl (C=O) groups excluding carboxylic acids is 1. The van der Waals surface area contributed by atoms with Crippen molar-refractivity contribution in [3.05, 3.63) is 52.6 Å². The lowest BCUT2D eigenvalue weighted by atomic mass is 9.87. The fourth-order valence-corrected chi connectivity index (χ4v) is 3.47. The fraction of sp³-hybridized carbons (Fsp3) is 0.333. The van der Waals surface area contributed by atoms with E-state index < -0.39 is 0 Å². The van der Waals surface area contributed by atoms with Crippen LogP contribution in [0.2, 0.25) is 0 Å². The number of aromatic nitrogens is 4. The van der Waals surface area contributed by atoms with Gasteiger partial charge in [0.2, 0.25) is 5.82 Å². The van der Waals surface area contributed by atoms with Gasteiger partial charge in [0.15, 0.2) is 0 Å². The SMILES string of the molecule is Cc1cc(C)n2nc(C(=O)NC3CCCc4cc(N)ccc43)nc2n1. The number of carbonyl (C=O) groups is 1. The molecule has 25 heavy (non-hydrogen) atoms. The van der Waals surface area contributed by atoms with Crippen LogP contribution in [-0.4, -0.2) is 25.5 Å². The van der Waals surface area contributed by atoms with Crippen molar-refractivity contribution in [3.8, 4) is 0 Å². The minimum Gasteiger partial charge on any atom is -0.399 e. The molecule has 3 aromatic rings. The highest BCUT2D eigenvalue weighted by Crippen LogP contribution is 2.31.